The normalized spacial score (nSPS) is 14.1. The molecule has 0 unspecified atom stereocenters. The van der Waals surface area contributed by atoms with Crippen LogP contribution in [0.5, 0.6) is 0 Å². The molecule has 1 saturated carbocycles. The van der Waals surface area contributed by atoms with Crippen LogP contribution in [0.25, 0.3) is 10.9 Å². The first-order valence-electron chi connectivity index (χ1n) is 7.30. The van der Waals surface area contributed by atoms with Gasteiger partial charge in [-0.2, -0.15) is 0 Å². The van der Waals surface area contributed by atoms with E-state index in [1.54, 1.807) is 6.20 Å². The maximum Gasteiger partial charge on any atom is 0.220 e. The van der Waals surface area contributed by atoms with Crippen molar-refractivity contribution in [3.63, 3.8) is 0 Å². The van der Waals surface area contributed by atoms with Crippen molar-refractivity contribution in [3.8, 4) is 0 Å². The lowest BCUT2D eigenvalue weighted by atomic mass is 10.2. The lowest BCUT2D eigenvalue weighted by Crippen LogP contribution is -2.25. The molecule has 3 rings (SSSR count). The number of pyridine rings is 1. The van der Waals surface area contributed by atoms with Crippen LogP contribution in [0.15, 0.2) is 30.5 Å². The number of anilines is 1. The predicted molar refractivity (Wildman–Crippen MR) is 85.6 cm³/mol. The second kappa shape index (κ2) is 6.31. The standard InChI is InChI=1S/C16H18ClN3O/c17-11-3-6-13-14(7-9-19-15(13)10-11)18-8-1-2-16(21)20-12-4-5-12/h3,6-7,9-10,12H,1-2,4-5,8H2,(H,18,19)(H,20,21). The molecular weight excluding hydrogens is 286 g/mol. The lowest BCUT2D eigenvalue weighted by Gasteiger charge is -2.09. The molecule has 1 aromatic carbocycles. The van der Waals surface area contributed by atoms with E-state index < -0.39 is 0 Å². The van der Waals surface area contributed by atoms with Gasteiger partial charge in [-0.3, -0.25) is 9.78 Å². The number of hydrogen-bond acceptors (Lipinski definition) is 3. The molecule has 0 spiro atoms. The van der Waals surface area contributed by atoms with Gasteiger partial charge < -0.3 is 10.6 Å². The van der Waals surface area contributed by atoms with E-state index in [2.05, 4.69) is 15.6 Å². The summed E-state index contributed by atoms with van der Waals surface area (Å²) < 4.78 is 0. The molecule has 0 radical (unpaired) electrons. The molecule has 1 aliphatic carbocycles. The Kier molecular flexibility index (Phi) is 4.25. The summed E-state index contributed by atoms with van der Waals surface area (Å²) in [6, 6.07) is 8.07. The number of amides is 1. The quantitative estimate of drug-likeness (QED) is 0.805. The number of aromatic nitrogens is 1. The third-order valence-electron chi connectivity index (χ3n) is 3.54. The first kappa shape index (κ1) is 14.1. The Morgan fingerprint density at radius 1 is 1.33 bits per heavy atom. The molecule has 5 heteroatoms. The predicted octanol–water partition coefficient (Wildman–Crippen LogP) is 3.36. The molecule has 0 aliphatic heterocycles. The Bertz CT molecular complexity index is 655. The molecule has 1 amide bonds. The Labute approximate surface area is 128 Å². The van der Waals surface area contributed by atoms with Gasteiger partial charge in [0.25, 0.3) is 0 Å². The van der Waals surface area contributed by atoms with Gasteiger partial charge in [0.05, 0.1) is 5.52 Å². The van der Waals surface area contributed by atoms with Crippen LogP contribution in [0.1, 0.15) is 25.7 Å². The number of benzene rings is 1. The summed E-state index contributed by atoms with van der Waals surface area (Å²) in [6.07, 6.45) is 5.42. The zero-order valence-corrected chi connectivity index (χ0v) is 12.5. The molecule has 1 aromatic heterocycles. The Balaban J connectivity index is 1.54. The van der Waals surface area contributed by atoms with Crippen molar-refractivity contribution in [2.24, 2.45) is 0 Å². The highest BCUT2D eigenvalue weighted by Gasteiger charge is 2.22. The number of carbonyl (C=O) groups excluding carboxylic acids is 1. The third kappa shape index (κ3) is 3.85. The highest BCUT2D eigenvalue weighted by molar-refractivity contribution is 6.31. The summed E-state index contributed by atoms with van der Waals surface area (Å²) in [6.45, 7) is 0.764. The van der Waals surface area contributed by atoms with E-state index in [1.807, 2.05) is 24.3 Å². The first-order chi connectivity index (χ1) is 10.2. The first-order valence-corrected chi connectivity index (χ1v) is 7.68. The van der Waals surface area contributed by atoms with Gasteiger partial charge in [-0.15, -0.1) is 0 Å². The topological polar surface area (TPSA) is 54.0 Å². The molecular formula is C16H18ClN3O. The lowest BCUT2D eigenvalue weighted by molar-refractivity contribution is -0.121. The van der Waals surface area contributed by atoms with Gasteiger partial charge in [-0.1, -0.05) is 11.6 Å². The van der Waals surface area contributed by atoms with E-state index in [-0.39, 0.29) is 5.91 Å². The van der Waals surface area contributed by atoms with Crippen molar-refractivity contribution in [1.29, 1.82) is 0 Å². The number of carbonyl (C=O) groups is 1. The van der Waals surface area contributed by atoms with Crippen LogP contribution in [0.4, 0.5) is 5.69 Å². The van der Waals surface area contributed by atoms with Gasteiger partial charge in [0.15, 0.2) is 0 Å². The molecule has 1 heterocycles. The third-order valence-corrected chi connectivity index (χ3v) is 3.78. The van der Waals surface area contributed by atoms with Crippen molar-refractivity contribution in [1.82, 2.24) is 10.3 Å². The minimum atomic E-state index is 0.158. The molecule has 21 heavy (non-hydrogen) atoms. The van der Waals surface area contributed by atoms with Crippen LogP contribution in [-0.2, 0) is 4.79 Å². The van der Waals surface area contributed by atoms with Gasteiger partial charge in [0.2, 0.25) is 5.91 Å². The Morgan fingerprint density at radius 2 is 2.19 bits per heavy atom. The molecule has 4 nitrogen and oxygen atoms in total. The summed E-state index contributed by atoms with van der Waals surface area (Å²) >= 11 is 5.97. The Morgan fingerprint density at radius 3 is 3.00 bits per heavy atom. The highest BCUT2D eigenvalue weighted by atomic mass is 35.5. The minimum absolute atomic E-state index is 0.158. The summed E-state index contributed by atoms with van der Waals surface area (Å²) in [5.41, 5.74) is 1.90. The van der Waals surface area contributed by atoms with Crippen LogP contribution in [0, 0.1) is 0 Å². The van der Waals surface area contributed by atoms with Crippen LogP contribution in [0.2, 0.25) is 5.02 Å². The van der Waals surface area contributed by atoms with Gasteiger partial charge >= 0.3 is 0 Å². The van der Waals surface area contributed by atoms with Gasteiger partial charge in [-0.05, 0) is 43.5 Å². The zero-order valence-electron chi connectivity index (χ0n) is 11.7. The maximum atomic E-state index is 11.6. The molecule has 1 aliphatic rings. The molecule has 0 saturated heterocycles. The van der Waals surface area contributed by atoms with Crippen LogP contribution in [0.3, 0.4) is 0 Å². The van der Waals surface area contributed by atoms with Gasteiger partial charge in [0, 0.05) is 41.3 Å². The zero-order chi connectivity index (χ0) is 14.7. The fourth-order valence-electron chi connectivity index (χ4n) is 2.27. The monoisotopic (exact) mass is 303 g/mol. The number of nitrogens with one attached hydrogen (secondary N) is 2. The molecule has 0 bridgehead atoms. The maximum absolute atomic E-state index is 11.6. The highest BCUT2D eigenvalue weighted by Crippen LogP contribution is 2.24. The van der Waals surface area contributed by atoms with Crippen molar-refractivity contribution >= 4 is 34.1 Å². The van der Waals surface area contributed by atoms with E-state index in [4.69, 9.17) is 11.6 Å². The van der Waals surface area contributed by atoms with E-state index >= 15 is 0 Å². The SMILES string of the molecule is O=C(CCCNc1ccnc2cc(Cl)ccc12)NC1CC1. The number of halogens is 1. The fraction of sp³-hybridized carbons (Fsp3) is 0.375. The van der Waals surface area contributed by atoms with E-state index in [9.17, 15) is 4.79 Å². The van der Waals surface area contributed by atoms with Crippen LogP contribution in [-0.4, -0.2) is 23.5 Å². The number of fused-ring (bicyclic) bond motifs is 1. The van der Waals surface area contributed by atoms with Gasteiger partial charge in [-0.25, -0.2) is 0 Å². The summed E-state index contributed by atoms with van der Waals surface area (Å²) in [5.74, 6) is 0.158. The average Bonchev–Trinajstić information content (AvgIpc) is 3.27. The van der Waals surface area contributed by atoms with E-state index in [0.717, 1.165) is 42.4 Å². The molecule has 1 fully saturated rings. The second-order valence-corrected chi connectivity index (χ2v) is 5.83. The fourth-order valence-corrected chi connectivity index (χ4v) is 2.44. The largest absolute Gasteiger partial charge is 0.384 e. The minimum Gasteiger partial charge on any atom is -0.384 e. The molecule has 110 valence electrons. The van der Waals surface area contributed by atoms with Crippen molar-refractivity contribution in [3.05, 3.63) is 35.5 Å². The van der Waals surface area contributed by atoms with Gasteiger partial charge in [0.1, 0.15) is 0 Å². The number of nitrogens with zero attached hydrogens (tertiary/aromatic N) is 1. The summed E-state index contributed by atoms with van der Waals surface area (Å²) in [5, 5.41) is 8.10. The molecule has 2 N–H and O–H groups in total. The van der Waals surface area contributed by atoms with Crippen LogP contribution >= 0.6 is 11.6 Å². The smallest absolute Gasteiger partial charge is 0.220 e. The van der Waals surface area contributed by atoms with E-state index in [1.165, 1.54) is 0 Å². The van der Waals surface area contributed by atoms with Crippen molar-refractivity contribution < 1.29 is 4.79 Å². The number of rotatable bonds is 6. The van der Waals surface area contributed by atoms with Crippen LogP contribution < -0.4 is 10.6 Å². The van der Waals surface area contributed by atoms with E-state index in [0.29, 0.717) is 17.5 Å². The summed E-state index contributed by atoms with van der Waals surface area (Å²) in [7, 11) is 0. The summed E-state index contributed by atoms with van der Waals surface area (Å²) in [4.78, 5) is 15.9. The molecule has 0 atom stereocenters. The van der Waals surface area contributed by atoms with Crippen molar-refractivity contribution in [2.45, 2.75) is 31.7 Å². The second-order valence-electron chi connectivity index (χ2n) is 5.39. The van der Waals surface area contributed by atoms with Crippen molar-refractivity contribution in [2.75, 3.05) is 11.9 Å². The Hall–Kier alpha value is -1.81. The average molecular weight is 304 g/mol. The number of hydrogen-bond donors (Lipinski definition) is 2. The molecule has 2 aromatic rings.